The number of ether oxygens (including phenoxy) is 2. The highest BCUT2D eigenvalue weighted by atomic mass is 16.5. The first-order chi connectivity index (χ1) is 10.3. The Morgan fingerprint density at radius 2 is 2.14 bits per heavy atom. The Morgan fingerprint density at radius 1 is 1.29 bits per heavy atom. The molecule has 1 aliphatic rings. The molecular formula is C17H28N2O2. The third kappa shape index (κ3) is 5.29. The van der Waals surface area contributed by atoms with Crippen LogP contribution in [0.15, 0.2) is 18.3 Å². The van der Waals surface area contributed by atoms with Gasteiger partial charge >= 0.3 is 0 Å². The van der Waals surface area contributed by atoms with Gasteiger partial charge in [-0.1, -0.05) is 13.3 Å². The lowest BCUT2D eigenvalue weighted by Gasteiger charge is -2.31. The van der Waals surface area contributed by atoms with Gasteiger partial charge in [-0.15, -0.1) is 0 Å². The van der Waals surface area contributed by atoms with E-state index in [-0.39, 0.29) is 0 Å². The highest BCUT2D eigenvalue weighted by Gasteiger charge is 2.25. The summed E-state index contributed by atoms with van der Waals surface area (Å²) < 4.78 is 11.2. The summed E-state index contributed by atoms with van der Waals surface area (Å²) in [6.45, 7) is 4.60. The molecule has 0 aromatic carbocycles. The Balaban J connectivity index is 1.81. The van der Waals surface area contributed by atoms with Crippen LogP contribution in [-0.2, 0) is 11.3 Å². The van der Waals surface area contributed by atoms with Crippen molar-refractivity contribution >= 4 is 0 Å². The first-order valence-corrected chi connectivity index (χ1v) is 8.14. The van der Waals surface area contributed by atoms with Gasteiger partial charge in [0.1, 0.15) is 11.9 Å². The van der Waals surface area contributed by atoms with Crippen LogP contribution in [0.3, 0.4) is 0 Å². The summed E-state index contributed by atoms with van der Waals surface area (Å²) in [7, 11) is 1.71. The Bertz CT molecular complexity index is 394. The molecule has 0 amide bonds. The van der Waals surface area contributed by atoms with Crippen LogP contribution >= 0.6 is 0 Å². The van der Waals surface area contributed by atoms with Gasteiger partial charge in [-0.3, -0.25) is 4.98 Å². The van der Waals surface area contributed by atoms with E-state index in [9.17, 15) is 0 Å². The lowest BCUT2D eigenvalue weighted by molar-refractivity contribution is 0.0900. The molecule has 1 N–H and O–H groups in total. The molecule has 4 heteroatoms. The van der Waals surface area contributed by atoms with Crippen molar-refractivity contribution in [3.8, 4) is 5.75 Å². The van der Waals surface area contributed by atoms with E-state index in [2.05, 4.69) is 17.2 Å². The fraction of sp³-hybridized carbons (Fsp3) is 0.706. The highest BCUT2D eigenvalue weighted by molar-refractivity contribution is 5.20. The van der Waals surface area contributed by atoms with Crippen LogP contribution in [0.5, 0.6) is 5.75 Å². The van der Waals surface area contributed by atoms with Crippen molar-refractivity contribution < 1.29 is 9.47 Å². The van der Waals surface area contributed by atoms with Gasteiger partial charge in [-0.05, 0) is 43.7 Å². The lowest BCUT2D eigenvalue weighted by Crippen LogP contribution is -2.29. The monoisotopic (exact) mass is 292 g/mol. The summed E-state index contributed by atoms with van der Waals surface area (Å²) in [5.74, 6) is 1.61. The van der Waals surface area contributed by atoms with E-state index in [0.29, 0.717) is 12.0 Å². The van der Waals surface area contributed by atoms with Crippen molar-refractivity contribution in [1.29, 1.82) is 0 Å². The number of hydrogen-bond acceptors (Lipinski definition) is 4. The first-order valence-electron chi connectivity index (χ1n) is 8.14. The molecule has 118 valence electrons. The minimum atomic E-state index is 0.372. The zero-order valence-electron chi connectivity index (χ0n) is 13.3. The third-order valence-corrected chi connectivity index (χ3v) is 4.24. The molecule has 1 aromatic heterocycles. The fourth-order valence-electron chi connectivity index (χ4n) is 2.95. The van der Waals surface area contributed by atoms with E-state index >= 15 is 0 Å². The molecule has 0 radical (unpaired) electrons. The normalized spacial score (nSPS) is 22.2. The number of nitrogens with one attached hydrogen (secondary N) is 1. The quantitative estimate of drug-likeness (QED) is 0.747. The van der Waals surface area contributed by atoms with Crippen LogP contribution in [0.4, 0.5) is 0 Å². The minimum absolute atomic E-state index is 0.372. The number of rotatable bonds is 8. The molecule has 2 unspecified atom stereocenters. The molecule has 1 aromatic rings. The number of aromatic nitrogens is 1. The average molecular weight is 292 g/mol. The van der Waals surface area contributed by atoms with Gasteiger partial charge in [-0.25, -0.2) is 0 Å². The minimum Gasteiger partial charge on any atom is -0.489 e. The smallest absolute Gasteiger partial charge is 0.138 e. The van der Waals surface area contributed by atoms with Crippen LogP contribution in [0, 0.1) is 5.92 Å². The van der Waals surface area contributed by atoms with Gasteiger partial charge in [0.05, 0.1) is 18.5 Å². The van der Waals surface area contributed by atoms with Crippen LogP contribution < -0.4 is 10.1 Å². The van der Waals surface area contributed by atoms with Crippen molar-refractivity contribution in [3.05, 3.63) is 24.0 Å². The van der Waals surface area contributed by atoms with Crippen molar-refractivity contribution in [2.75, 3.05) is 20.3 Å². The Labute approximate surface area is 128 Å². The van der Waals surface area contributed by atoms with Crippen molar-refractivity contribution in [3.63, 3.8) is 0 Å². The molecule has 1 fully saturated rings. The predicted octanol–water partition coefficient (Wildman–Crippen LogP) is 3.17. The van der Waals surface area contributed by atoms with E-state index < -0.39 is 0 Å². The van der Waals surface area contributed by atoms with E-state index in [1.165, 1.54) is 32.1 Å². The van der Waals surface area contributed by atoms with Crippen molar-refractivity contribution in [2.24, 2.45) is 5.92 Å². The van der Waals surface area contributed by atoms with Gasteiger partial charge in [-0.2, -0.15) is 0 Å². The molecule has 4 nitrogen and oxygen atoms in total. The van der Waals surface area contributed by atoms with Crippen molar-refractivity contribution in [2.45, 2.75) is 51.7 Å². The molecule has 21 heavy (non-hydrogen) atoms. The lowest BCUT2D eigenvalue weighted by atomic mass is 9.85. The van der Waals surface area contributed by atoms with E-state index in [1.54, 1.807) is 7.11 Å². The maximum atomic E-state index is 6.15. The first kappa shape index (κ1) is 16.2. The van der Waals surface area contributed by atoms with Gasteiger partial charge in [0.15, 0.2) is 0 Å². The predicted molar refractivity (Wildman–Crippen MR) is 84.5 cm³/mol. The zero-order chi connectivity index (χ0) is 14.9. The van der Waals surface area contributed by atoms with Crippen LogP contribution in [-0.4, -0.2) is 31.3 Å². The number of nitrogens with zero attached hydrogens (tertiary/aromatic N) is 1. The van der Waals surface area contributed by atoms with Gasteiger partial charge in [0.2, 0.25) is 0 Å². The van der Waals surface area contributed by atoms with Gasteiger partial charge < -0.3 is 14.8 Å². The second-order valence-electron chi connectivity index (χ2n) is 5.76. The maximum Gasteiger partial charge on any atom is 0.138 e. The molecule has 1 aliphatic carbocycles. The van der Waals surface area contributed by atoms with Crippen LogP contribution in [0.2, 0.25) is 0 Å². The highest BCUT2D eigenvalue weighted by Crippen LogP contribution is 2.30. The largest absolute Gasteiger partial charge is 0.489 e. The molecule has 1 saturated carbocycles. The molecule has 0 bridgehead atoms. The molecule has 2 rings (SSSR count). The summed E-state index contributed by atoms with van der Waals surface area (Å²) in [4.78, 5) is 4.46. The number of pyridine rings is 1. The standard InChI is InChI=1S/C17H28N2O2/c1-3-14-6-4-5-7-17(14)21-16-9-8-15(19-13-16)12-18-10-11-20-2/h8-9,13-14,17-18H,3-7,10-12H2,1-2H3. The Morgan fingerprint density at radius 3 is 2.86 bits per heavy atom. The SMILES string of the molecule is CCC1CCCCC1Oc1ccc(CNCCOC)nc1. The van der Waals surface area contributed by atoms with Crippen LogP contribution in [0.1, 0.15) is 44.7 Å². The van der Waals surface area contributed by atoms with E-state index in [4.69, 9.17) is 9.47 Å². The van der Waals surface area contributed by atoms with Gasteiger partial charge in [0, 0.05) is 20.2 Å². The fourth-order valence-corrected chi connectivity index (χ4v) is 2.95. The maximum absolute atomic E-state index is 6.15. The number of hydrogen-bond donors (Lipinski definition) is 1. The molecule has 0 saturated heterocycles. The second-order valence-corrected chi connectivity index (χ2v) is 5.76. The van der Waals surface area contributed by atoms with E-state index in [1.807, 2.05) is 18.3 Å². The molecule has 2 atom stereocenters. The van der Waals surface area contributed by atoms with Crippen LogP contribution in [0.25, 0.3) is 0 Å². The van der Waals surface area contributed by atoms with Gasteiger partial charge in [0.25, 0.3) is 0 Å². The summed E-state index contributed by atoms with van der Waals surface area (Å²) >= 11 is 0. The second kappa shape index (κ2) is 9.00. The van der Waals surface area contributed by atoms with E-state index in [0.717, 1.165) is 31.1 Å². The summed E-state index contributed by atoms with van der Waals surface area (Å²) in [5, 5.41) is 3.29. The Hall–Kier alpha value is -1.13. The molecule has 0 spiro atoms. The Kier molecular flexibility index (Phi) is 6.96. The molecule has 0 aliphatic heterocycles. The summed E-state index contributed by atoms with van der Waals surface area (Å²) in [6, 6.07) is 4.08. The number of methoxy groups -OCH3 is 1. The topological polar surface area (TPSA) is 43.4 Å². The summed E-state index contributed by atoms with van der Waals surface area (Å²) in [6.07, 6.45) is 8.55. The zero-order valence-corrected chi connectivity index (χ0v) is 13.3. The molecule has 1 heterocycles. The average Bonchev–Trinajstić information content (AvgIpc) is 2.54. The third-order valence-electron chi connectivity index (χ3n) is 4.24. The van der Waals surface area contributed by atoms with Crippen molar-refractivity contribution in [1.82, 2.24) is 10.3 Å². The molecular weight excluding hydrogens is 264 g/mol. The summed E-state index contributed by atoms with van der Waals surface area (Å²) in [5.41, 5.74) is 1.04.